The van der Waals surface area contributed by atoms with Crippen molar-refractivity contribution >= 4 is 12.1 Å². The summed E-state index contributed by atoms with van der Waals surface area (Å²) in [5, 5.41) is 3.54. The molecule has 1 atom stereocenters. The van der Waals surface area contributed by atoms with Crippen molar-refractivity contribution in [3.05, 3.63) is 23.8 Å². The van der Waals surface area contributed by atoms with Gasteiger partial charge in [0.25, 0.3) is 0 Å². The van der Waals surface area contributed by atoms with Crippen molar-refractivity contribution in [1.82, 2.24) is 15.1 Å². The number of piperazine rings is 1. The van der Waals surface area contributed by atoms with Gasteiger partial charge in [0.15, 0.2) is 17.5 Å². The molecule has 31 heavy (non-hydrogen) atoms. The predicted octanol–water partition coefficient (Wildman–Crippen LogP) is 2.86. The van der Waals surface area contributed by atoms with Crippen LogP contribution in [0.2, 0.25) is 0 Å². The number of aliphatic imine (C=N–C) groups is 1. The highest BCUT2D eigenvalue weighted by Crippen LogP contribution is 2.33. The van der Waals surface area contributed by atoms with E-state index in [-0.39, 0.29) is 17.6 Å². The molecule has 8 nitrogen and oxygen atoms in total. The van der Waals surface area contributed by atoms with Gasteiger partial charge < -0.3 is 29.3 Å². The summed E-state index contributed by atoms with van der Waals surface area (Å²) in [4.78, 5) is 21.2. The van der Waals surface area contributed by atoms with E-state index in [2.05, 4.69) is 30.1 Å². The molecule has 1 unspecified atom stereocenters. The largest absolute Gasteiger partial charge is 0.493 e. The summed E-state index contributed by atoms with van der Waals surface area (Å²) in [6.07, 6.45) is -0.247. The van der Waals surface area contributed by atoms with Gasteiger partial charge in [-0.05, 0) is 38.5 Å². The molecule has 2 heterocycles. The quantitative estimate of drug-likeness (QED) is 0.771. The van der Waals surface area contributed by atoms with E-state index >= 15 is 0 Å². The number of methoxy groups -OCH3 is 2. The molecule has 2 aliphatic heterocycles. The first-order valence-electron chi connectivity index (χ1n) is 10.8. The summed E-state index contributed by atoms with van der Waals surface area (Å²) in [7, 11) is 3.29. The number of hydrogen-bond donors (Lipinski definition) is 1. The van der Waals surface area contributed by atoms with E-state index < -0.39 is 5.60 Å². The lowest BCUT2D eigenvalue weighted by Crippen LogP contribution is -2.58. The number of ether oxygens (including phenoxy) is 3. The molecule has 0 aliphatic carbocycles. The van der Waals surface area contributed by atoms with E-state index in [1.165, 1.54) is 0 Å². The number of fused-ring (bicyclic) bond motifs is 1. The SMILES string of the molecule is COc1ccc(C(C)(C)CNC2=NCC3CN(C(=O)OC(C)(C)C)CCN23)cc1OC. The maximum atomic E-state index is 12.4. The zero-order valence-corrected chi connectivity index (χ0v) is 19.8. The zero-order valence-electron chi connectivity index (χ0n) is 19.8. The summed E-state index contributed by atoms with van der Waals surface area (Å²) >= 11 is 0. The highest BCUT2D eigenvalue weighted by molar-refractivity contribution is 5.82. The molecule has 0 spiro atoms. The molecule has 8 heteroatoms. The van der Waals surface area contributed by atoms with Gasteiger partial charge in [-0.25, -0.2) is 4.79 Å². The van der Waals surface area contributed by atoms with E-state index in [1.807, 2.05) is 32.9 Å². The van der Waals surface area contributed by atoms with Gasteiger partial charge in [0.2, 0.25) is 0 Å². The highest BCUT2D eigenvalue weighted by atomic mass is 16.6. The van der Waals surface area contributed by atoms with Crippen molar-refractivity contribution in [3.63, 3.8) is 0 Å². The molecule has 1 N–H and O–H groups in total. The van der Waals surface area contributed by atoms with Crippen LogP contribution < -0.4 is 14.8 Å². The molecule has 0 saturated carbocycles. The molecule has 1 amide bonds. The first-order chi connectivity index (χ1) is 14.5. The third-order valence-electron chi connectivity index (χ3n) is 5.71. The number of amides is 1. The Kier molecular flexibility index (Phi) is 6.57. The van der Waals surface area contributed by atoms with E-state index in [0.29, 0.717) is 19.6 Å². The predicted molar refractivity (Wildman–Crippen MR) is 121 cm³/mol. The van der Waals surface area contributed by atoms with Gasteiger partial charge in [0, 0.05) is 31.6 Å². The summed E-state index contributed by atoms with van der Waals surface area (Å²) in [6, 6.07) is 6.23. The molecule has 1 aromatic carbocycles. The topological polar surface area (TPSA) is 75.6 Å². The lowest BCUT2D eigenvalue weighted by atomic mass is 9.84. The monoisotopic (exact) mass is 432 g/mol. The van der Waals surface area contributed by atoms with Crippen molar-refractivity contribution in [1.29, 1.82) is 0 Å². The Hall–Kier alpha value is -2.64. The summed E-state index contributed by atoms with van der Waals surface area (Å²) in [5.74, 6) is 2.35. The van der Waals surface area contributed by atoms with Crippen LogP contribution >= 0.6 is 0 Å². The normalized spacial score (nSPS) is 18.9. The number of benzene rings is 1. The van der Waals surface area contributed by atoms with Crippen LogP contribution in [0.3, 0.4) is 0 Å². The molecular weight excluding hydrogens is 396 g/mol. The van der Waals surface area contributed by atoms with Crippen LogP contribution in [0.1, 0.15) is 40.2 Å². The Morgan fingerprint density at radius 3 is 2.48 bits per heavy atom. The van der Waals surface area contributed by atoms with Crippen molar-refractivity contribution in [2.24, 2.45) is 4.99 Å². The van der Waals surface area contributed by atoms with Gasteiger partial charge >= 0.3 is 6.09 Å². The van der Waals surface area contributed by atoms with Crippen LogP contribution in [0.25, 0.3) is 0 Å². The van der Waals surface area contributed by atoms with Gasteiger partial charge in [0.05, 0.1) is 26.8 Å². The smallest absolute Gasteiger partial charge is 0.410 e. The maximum absolute atomic E-state index is 12.4. The molecule has 3 rings (SSSR count). The minimum atomic E-state index is -0.483. The number of nitrogens with zero attached hydrogens (tertiary/aromatic N) is 3. The zero-order chi connectivity index (χ0) is 22.8. The molecule has 0 bridgehead atoms. The molecule has 0 aromatic heterocycles. The summed E-state index contributed by atoms with van der Waals surface area (Å²) < 4.78 is 16.3. The summed E-state index contributed by atoms with van der Waals surface area (Å²) in [5.41, 5.74) is 0.531. The minimum absolute atomic E-state index is 0.140. The molecule has 172 valence electrons. The molecule has 1 fully saturated rings. The second kappa shape index (κ2) is 8.85. The lowest BCUT2D eigenvalue weighted by molar-refractivity contribution is 0.0137. The van der Waals surface area contributed by atoms with Crippen LogP contribution in [0, 0.1) is 0 Å². The van der Waals surface area contributed by atoms with Crippen LogP contribution in [0.5, 0.6) is 11.5 Å². The first kappa shape index (κ1) is 23.0. The second-order valence-corrected chi connectivity index (χ2v) is 9.75. The third-order valence-corrected chi connectivity index (χ3v) is 5.71. The number of hydrogen-bond acceptors (Lipinski definition) is 7. The van der Waals surface area contributed by atoms with Gasteiger partial charge in [-0.2, -0.15) is 0 Å². The van der Waals surface area contributed by atoms with Crippen LogP contribution in [-0.4, -0.2) is 80.4 Å². The Balaban J connectivity index is 1.58. The van der Waals surface area contributed by atoms with Crippen LogP contribution in [0.15, 0.2) is 23.2 Å². The average molecular weight is 433 g/mol. The van der Waals surface area contributed by atoms with Crippen LogP contribution in [-0.2, 0) is 10.2 Å². The Labute approximate surface area is 185 Å². The molecule has 1 saturated heterocycles. The molecular formula is C23H36N4O4. The van der Waals surface area contributed by atoms with Crippen molar-refractivity contribution in [2.45, 2.75) is 51.7 Å². The number of nitrogens with one attached hydrogen (secondary N) is 1. The number of rotatable bonds is 5. The Morgan fingerprint density at radius 1 is 1.13 bits per heavy atom. The fourth-order valence-corrected chi connectivity index (χ4v) is 3.88. The van der Waals surface area contributed by atoms with Gasteiger partial charge in [-0.15, -0.1) is 0 Å². The van der Waals surface area contributed by atoms with Gasteiger partial charge in [0.1, 0.15) is 5.60 Å². The lowest BCUT2D eigenvalue weighted by Gasteiger charge is -2.39. The first-order valence-corrected chi connectivity index (χ1v) is 10.8. The summed E-state index contributed by atoms with van der Waals surface area (Å²) in [6.45, 7) is 13.5. The van der Waals surface area contributed by atoms with Gasteiger partial charge in [-0.3, -0.25) is 4.99 Å². The molecule has 2 aliphatic rings. The Bertz CT molecular complexity index is 831. The van der Waals surface area contributed by atoms with Crippen molar-refractivity contribution in [3.8, 4) is 11.5 Å². The van der Waals surface area contributed by atoms with E-state index in [1.54, 1.807) is 19.1 Å². The van der Waals surface area contributed by atoms with E-state index in [4.69, 9.17) is 19.2 Å². The van der Waals surface area contributed by atoms with E-state index in [9.17, 15) is 4.79 Å². The fourth-order valence-electron chi connectivity index (χ4n) is 3.88. The highest BCUT2D eigenvalue weighted by Gasteiger charge is 2.37. The Morgan fingerprint density at radius 2 is 1.84 bits per heavy atom. The maximum Gasteiger partial charge on any atom is 0.410 e. The van der Waals surface area contributed by atoms with Gasteiger partial charge in [-0.1, -0.05) is 19.9 Å². The van der Waals surface area contributed by atoms with E-state index in [0.717, 1.165) is 36.1 Å². The van der Waals surface area contributed by atoms with Crippen molar-refractivity contribution in [2.75, 3.05) is 46.9 Å². The average Bonchev–Trinajstić information content (AvgIpc) is 3.12. The second-order valence-electron chi connectivity index (χ2n) is 9.75. The molecule has 0 radical (unpaired) electrons. The number of guanidine groups is 1. The molecule has 1 aromatic rings. The minimum Gasteiger partial charge on any atom is -0.493 e. The number of carbonyl (C=O) groups excluding carboxylic acids is 1. The fraction of sp³-hybridized carbons (Fsp3) is 0.652. The van der Waals surface area contributed by atoms with Crippen LogP contribution in [0.4, 0.5) is 4.79 Å². The van der Waals surface area contributed by atoms with Crippen molar-refractivity contribution < 1.29 is 19.0 Å². The standard InChI is InChI=1S/C23H36N4O4/c1-22(2,3)31-21(28)26-10-11-27-17(14-26)13-24-20(27)25-15-23(4,5)16-8-9-18(29-6)19(12-16)30-7/h8-9,12,17H,10-11,13-15H2,1-7H3,(H,24,25). The number of carbonyl (C=O) groups is 1. The third kappa shape index (κ3) is 5.35.